The third-order valence-corrected chi connectivity index (χ3v) is 87.8. The Bertz CT molecular complexity index is 3090. The van der Waals surface area contributed by atoms with Crippen LogP contribution in [0.5, 0.6) is 0 Å². The van der Waals surface area contributed by atoms with Crippen molar-refractivity contribution < 1.29 is 10.2 Å². The summed E-state index contributed by atoms with van der Waals surface area (Å²) in [4.78, 5) is 4.19. The predicted molar refractivity (Wildman–Crippen MR) is 445 cm³/mol. The molecule has 1 aromatic heterocycles. The van der Waals surface area contributed by atoms with Crippen LogP contribution in [-0.4, -0.2) is 50.4 Å². The maximum Gasteiger partial charge on any atom is 0.106 e. The molecule has 0 radical (unpaired) electrons. The van der Waals surface area contributed by atoms with E-state index in [-0.39, 0.29) is 0 Å². The minimum Gasteiger partial charge on any atom is -0.396 e. The number of aliphatic hydroxyl groups excluding tert-OH is 2. The zero-order chi connectivity index (χ0) is 52.6. The van der Waals surface area contributed by atoms with Gasteiger partial charge in [-0.25, -0.2) is 4.98 Å². The highest BCUT2D eigenvalue weighted by Crippen LogP contribution is 2.36. The van der Waals surface area contributed by atoms with E-state index in [0.29, 0.717) is 13.2 Å². The van der Waals surface area contributed by atoms with E-state index in [1.54, 1.807) is 134 Å². The van der Waals surface area contributed by atoms with Crippen molar-refractivity contribution in [2.75, 3.05) is 24.7 Å². The first kappa shape index (κ1) is 83.5. The van der Waals surface area contributed by atoms with Crippen LogP contribution in [0.25, 0.3) is 0 Å². The summed E-state index contributed by atoms with van der Waals surface area (Å²) < 4.78 is 0. The van der Waals surface area contributed by atoms with Gasteiger partial charge in [-0.3, -0.25) is 0 Å². The maximum atomic E-state index is 8.60. The van der Waals surface area contributed by atoms with Crippen molar-refractivity contribution in [3.63, 3.8) is 0 Å². The SMILES string of the molecule is OCCCCSSC1CCCCC1.OCCCCSSc1ccccn1.S=S.S=S=S=S=S=S=S=S=S=S=S=S=S=S=S=S=S=S=S=S=S=S=S=S=S=S=S=S=S=S=S=S=S=S=S=S=S.SC1CCCCC1. The van der Waals surface area contributed by atoms with Gasteiger partial charge in [-0.1, -0.05) is 77.0 Å². The van der Waals surface area contributed by atoms with E-state index < -0.39 is 0 Å². The average Bonchev–Trinajstić information content (AvgIpc) is 3.42. The van der Waals surface area contributed by atoms with E-state index in [2.05, 4.69) is 50.8 Å². The first-order valence-corrected chi connectivity index (χ1v) is 73.4. The zero-order valence-corrected chi connectivity index (χ0v) is 72.0. The number of unbranched alkanes of at least 4 members (excludes halogenated alkanes) is 2. The van der Waals surface area contributed by atoms with Gasteiger partial charge < -0.3 is 10.2 Å². The molecular weight excluding hydrogens is 1760 g/mol. The van der Waals surface area contributed by atoms with Crippen LogP contribution in [0.4, 0.5) is 0 Å². The normalized spacial score (nSPS) is 11.8. The van der Waals surface area contributed by atoms with Crippen molar-refractivity contribution in [1.82, 2.24) is 4.98 Å². The molecule has 3 rings (SSSR count). The number of hydrogen-bond acceptors (Lipinski definition) is 12. The van der Waals surface area contributed by atoms with Gasteiger partial charge >= 0.3 is 0 Å². The molecule has 0 aromatic carbocycles. The monoisotopic (exact) mass is 1800 g/mol. The van der Waals surface area contributed by atoms with Crippen LogP contribution in [0.2, 0.25) is 0 Å². The van der Waals surface area contributed by atoms with Crippen molar-refractivity contribution in [3.05, 3.63) is 24.4 Å². The molecule has 0 atom stereocenters. The lowest BCUT2D eigenvalue weighted by molar-refractivity contribution is 0.287. The van der Waals surface area contributed by atoms with Crippen molar-refractivity contribution in [1.29, 1.82) is 0 Å². The Morgan fingerprint density at radius 1 is 0.431 bits per heavy atom. The molecular formula is C25H45NO2S44. The minimum absolute atomic E-state index is 0.300. The standard InChI is InChI=1S/C10H20OS2.C9H13NOS2.C6H12S.S37.S2/c11-8-4-5-9-12-13-10-6-2-1-3-7-10;11-7-3-4-8-12-13-9-5-1-2-6-10-9;7-6-4-2-1-3-5-6;1-3-5-7-9-11-13-15-17-19-21-23-25-27-29-31-33-35-37-36-34-32-30-28-26-24-22-20-18-16-14-12-10-8-6-4-2;1-2/h10-11H,1-9H2;1-2,5-6,11H,3-4,7-8H2;6-7H,1-5H2;;. The molecule has 0 aliphatic heterocycles. The summed E-state index contributed by atoms with van der Waals surface area (Å²) in [6.07, 6.45) is 20.1. The van der Waals surface area contributed by atoms with Crippen molar-refractivity contribution in [3.8, 4) is 0 Å². The number of aliphatic hydroxyl groups is 2. The molecule has 0 bridgehead atoms. The fourth-order valence-corrected chi connectivity index (χ4v) is 99.7. The van der Waals surface area contributed by atoms with Crippen molar-refractivity contribution in [2.24, 2.45) is 0 Å². The van der Waals surface area contributed by atoms with Crippen LogP contribution < -0.4 is 0 Å². The molecule has 47 heteroatoms. The lowest BCUT2D eigenvalue weighted by atomic mass is 10.0. The van der Waals surface area contributed by atoms with Crippen LogP contribution >= 0.6 is 55.8 Å². The number of aromatic nitrogens is 1. The molecule has 3 nitrogen and oxygen atoms in total. The molecule has 1 heterocycles. The zero-order valence-electron chi connectivity index (χ0n) is 36.0. The van der Waals surface area contributed by atoms with Gasteiger partial charge in [0.15, 0.2) is 0 Å². The second kappa shape index (κ2) is 78.4. The molecule has 2 aliphatic rings. The van der Waals surface area contributed by atoms with Gasteiger partial charge in [0.1, 0.15) is 5.03 Å². The minimum atomic E-state index is 0.300. The van der Waals surface area contributed by atoms with E-state index >= 15 is 0 Å². The molecule has 0 spiro atoms. The largest absolute Gasteiger partial charge is 0.396 e. The third-order valence-electron chi connectivity index (χ3n) is 6.33. The molecule has 2 N–H and O–H groups in total. The van der Waals surface area contributed by atoms with E-state index in [1.807, 2.05) is 215 Å². The van der Waals surface area contributed by atoms with Gasteiger partial charge in [-0.05, 0) is 74.3 Å². The maximum absolute atomic E-state index is 8.60. The van der Waals surface area contributed by atoms with Crippen LogP contribution in [0.3, 0.4) is 0 Å². The molecule has 0 amide bonds. The molecule has 0 saturated heterocycles. The summed E-state index contributed by atoms with van der Waals surface area (Å²) in [5, 5.41) is 19.9. The van der Waals surface area contributed by atoms with Gasteiger partial charge in [0, 0.05) is 397 Å². The Hall–Kier alpha value is 9.40. The van der Waals surface area contributed by atoms with E-state index in [4.69, 9.17) is 32.6 Å². The second-order valence-corrected chi connectivity index (χ2v) is 78.7. The highest BCUT2D eigenvalue weighted by molar-refractivity contribution is 8.81. The summed E-state index contributed by atoms with van der Waals surface area (Å²) >= 11 is 21.3. The molecule has 2 fully saturated rings. The van der Waals surface area contributed by atoms with Gasteiger partial charge in [0.2, 0.25) is 0 Å². The summed E-state index contributed by atoms with van der Waals surface area (Å²) in [7, 11) is 69.5. The van der Waals surface area contributed by atoms with Gasteiger partial charge in [-0.15, -0.1) is 0 Å². The lowest BCUT2D eigenvalue weighted by Gasteiger charge is -2.19. The van der Waals surface area contributed by atoms with Gasteiger partial charge in [0.25, 0.3) is 0 Å². The van der Waals surface area contributed by atoms with Crippen molar-refractivity contribution in [2.45, 2.75) is 105 Å². The number of pyridine rings is 1. The molecule has 72 heavy (non-hydrogen) atoms. The van der Waals surface area contributed by atoms with Crippen LogP contribution in [-0.2, 0) is 356 Å². The van der Waals surface area contributed by atoms with Gasteiger partial charge in [-0.2, -0.15) is 12.6 Å². The number of hydrogen-bond donors (Lipinski definition) is 3. The van der Waals surface area contributed by atoms with E-state index in [9.17, 15) is 0 Å². The quantitative estimate of drug-likeness (QED) is 0.108. The summed E-state index contributed by atoms with van der Waals surface area (Å²) in [6, 6.07) is 5.91. The summed E-state index contributed by atoms with van der Waals surface area (Å²) in [5.41, 5.74) is 0. The Kier molecular flexibility index (Phi) is 90.9. The first-order chi connectivity index (χ1) is 35.7. The molecule has 2 aliphatic carbocycles. The van der Waals surface area contributed by atoms with Crippen molar-refractivity contribution >= 4 is 411 Å². The van der Waals surface area contributed by atoms with E-state index in [0.717, 1.165) is 40.5 Å². The smallest absolute Gasteiger partial charge is 0.106 e. The molecule has 1 aromatic rings. The Morgan fingerprint density at radius 2 is 0.750 bits per heavy atom. The van der Waals surface area contributed by atoms with Crippen LogP contribution in [0, 0.1) is 0 Å². The highest BCUT2D eigenvalue weighted by atomic mass is 33.5. The number of rotatable bonds is 12. The fourth-order valence-electron chi connectivity index (χ4n) is 3.80. The topological polar surface area (TPSA) is 53.4 Å². The fraction of sp³-hybridized carbons (Fsp3) is 0.800. The summed E-state index contributed by atoms with van der Waals surface area (Å²) in [5.74, 6) is 2.28. The number of nitrogens with zero attached hydrogens (tertiary/aromatic N) is 1. The Morgan fingerprint density at radius 3 is 1.03 bits per heavy atom. The van der Waals surface area contributed by atoms with Crippen LogP contribution in [0.15, 0.2) is 29.4 Å². The lowest BCUT2D eigenvalue weighted by Crippen LogP contribution is -2.06. The first-order valence-electron chi connectivity index (χ1n) is 18.8. The molecule has 426 valence electrons. The summed E-state index contributed by atoms with van der Waals surface area (Å²) in [6.45, 7) is 0.656. The molecule has 0 unspecified atom stereocenters. The third kappa shape index (κ3) is 73.7. The Balaban J connectivity index is 0. The molecule has 2 saturated carbocycles. The second-order valence-electron chi connectivity index (χ2n) is 10.8. The Labute approximate surface area is 568 Å². The van der Waals surface area contributed by atoms with Gasteiger partial charge in [0.05, 0.1) is 0 Å². The predicted octanol–water partition coefficient (Wildman–Crippen LogP) is 8.22. The van der Waals surface area contributed by atoms with Crippen LogP contribution in [0.1, 0.15) is 89.9 Å². The van der Waals surface area contributed by atoms with E-state index in [1.165, 1.54) is 94.1 Å². The highest BCUT2D eigenvalue weighted by Gasteiger charge is 2.13. The number of thiol groups is 1. The average molecular weight is 1800 g/mol.